The summed E-state index contributed by atoms with van der Waals surface area (Å²) in [6.45, 7) is 3.83. The highest BCUT2D eigenvalue weighted by molar-refractivity contribution is 5.79. The first-order valence-corrected chi connectivity index (χ1v) is 14.4. The second-order valence-electron chi connectivity index (χ2n) is 10.6. The van der Waals surface area contributed by atoms with Gasteiger partial charge in [0.2, 0.25) is 0 Å². The van der Waals surface area contributed by atoms with E-state index in [4.69, 9.17) is 9.47 Å². The summed E-state index contributed by atoms with van der Waals surface area (Å²) in [7, 11) is 0. The second kappa shape index (κ2) is 12.4. The zero-order valence-electron chi connectivity index (χ0n) is 23.7. The van der Waals surface area contributed by atoms with Gasteiger partial charge in [-0.3, -0.25) is 0 Å². The highest BCUT2D eigenvalue weighted by atomic mass is 16.6. The zero-order chi connectivity index (χ0) is 29.6. The maximum Gasteiger partial charge on any atom is 0.407 e. The van der Waals surface area contributed by atoms with Crippen molar-refractivity contribution in [1.29, 1.82) is 0 Å². The predicted octanol–water partition coefficient (Wildman–Crippen LogP) is 7.97. The van der Waals surface area contributed by atoms with Crippen molar-refractivity contribution in [1.82, 2.24) is 5.32 Å². The number of rotatable bonds is 10. The molecule has 0 saturated heterocycles. The van der Waals surface area contributed by atoms with Crippen molar-refractivity contribution >= 4 is 6.09 Å². The van der Waals surface area contributed by atoms with Gasteiger partial charge in [-0.15, -0.1) is 0 Å². The van der Waals surface area contributed by atoms with Gasteiger partial charge in [0.15, 0.2) is 0 Å². The van der Waals surface area contributed by atoms with Crippen LogP contribution in [0.3, 0.4) is 0 Å². The number of benzene rings is 5. The first kappa shape index (κ1) is 28.0. The number of alkyl carbamates (subject to hydrolysis) is 1. The molecule has 5 aromatic carbocycles. The number of amides is 1. The third-order valence-corrected chi connectivity index (χ3v) is 8.05. The molecule has 5 nitrogen and oxygen atoms in total. The van der Waals surface area contributed by atoms with E-state index < -0.39 is 17.7 Å². The van der Waals surface area contributed by atoms with Gasteiger partial charge >= 0.3 is 6.09 Å². The average Bonchev–Trinajstić information content (AvgIpc) is 3.38. The van der Waals surface area contributed by atoms with E-state index in [1.54, 1.807) is 0 Å². The van der Waals surface area contributed by atoms with Crippen LogP contribution in [0, 0.1) is 0 Å². The van der Waals surface area contributed by atoms with Crippen molar-refractivity contribution in [2.24, 2.45) is 0 Å². The van der Waals surface area contributed by atoms with Crippen LogP contribution in [0.1, 0.15) is 33.7 Å². The van der Waals surface area contributed by atoms with Gasteiger partial charge in [0.1, 0.15) is 24.0 Å². The Morgan fingerprint density at radius 1 is 0.698 bits per heavy atom. The molecule has 2 N–H and O–H groups in total. The Morgan fingerprint density at radius 2 is 1.12 bits per heavy atom. The van der Waals surface area contributed by atoms with E-state index >= 15 is 0 Å². The number of carbonyl (C=O) groups excluding carboxylic acids is 1. The van der Waals surface area contributed by atoms with Crippen LogP contribution in [0.2, 0.25) is 0 Å². The van der Waals surface area contributed by atoms with Crippen molar-refractivity contribution in [3.8, 4) is 11.1 Å². The maximum absolute atomic E-state index is 13.1. The summed E-state index contributed by atoms with van der Waals surface area (Å²) < 4.78 is 12.5. The average molecular weight is 568 g/mol. The van der Waals surface area contributed by atoms with E-state index in [-0.39, 0.29) is 24.9 Å². The number of nitrogens with one attached hydrogen (secondary N) is 1. The summed E-state index contributed by atoms with van der Waals surface area (Å²) in [5.74, 6) is -0.302. The second-order valence-corrected chi connectivity index (χ2v) is 10.6. The Kier molecular flexibility index (Phi) is 8.07. The number of ether oxygens (including phenoxy) is 2. The molecule has 0 aliphatic heterocycles. The first-order chi connectivity index (χ1) is 21.1. The Bertz CT molecular complexity index is 1560. The smallest absolute Gasteiger partial charge is 0.407 e. The Hall–Kier alpha value is -5.13. The summed E-state index contributed by atoms with van der Waals surface area (Å²) in [6, 6.07) is 45.2. The molecule has 0 aromatic heterocycles. The number of hydrogen-bond donors (Lipinski definition) is 2. The van der Waals surface area contributed by atoms with Gasteiger partial charge in [-0.1, -0.05) is 146 Å². The molecule has 0 saturated carbocycles. The molecule has 0 bridgehead atoms. The van der Waals surface area contributed by atoms with Crippen LogP contribution >= 0.6 is 0 Å². The fraction of sp³-hybridized carbons (Fsp3) is 0.132. The lowest BCUT2D eigenvalue weighted by molar-refractivity contribution is -0.000243. The van der Waals surface area contributed by atoms with Gasteiger partial charge in [0.25, 0.3) is 0 Å². The molecule has 5 heteroatoms. The highest BCUT2D eigenvalue weighted by Gasteiger charge is 2.38. The number of aliphatic hydroxyl groups is 1. The van der Waals surface area contributed by atoms with Crippen LogP contribution in [-0.4, -0.2) is 30.5 Å². The van der Waals surface area contributed by atoms with Crippen molar-refractivity contribution in [2.75, 3.05) is 13.2 Å². The van der Waals surface area contributed by atoms with Crippen molar-refractivity contribution in [2.45, 2.75) is 17.6 Å². The predicted molar refractivity (Wildman–Crippen MR) is 169 cm³/mol. The molecule has 1 atom stereocenters. The van der Waals surface area contributed by atoms with Crippen molar-refractivity contribution in [3.63, 3.8) is 0 Å². The van der Waals surface area contributed by atoms with E-state index in [9.17, 15) is 9.90 Å². The van der Waals surface area contributed by atoms with Crippen molar-refractivity contribution < 1.29 is 19.4 Å². The molecule has 1 aliphatic rings. The van der Waals surface area contributed by atoms with Gasteiger partial charge < -0.3 is 19.9 Å². The van der Waals surface area contributed by atoms with Crippen LogP contribution in [0.15, 0.2) is 152 Å². The Balaban J connectivity index is 1.23. The van der Waals surface area contributed by atoms with Crippen LogP contribution in [0.5, 0.6) is 0 Å². The minimum atomic E-state index is -1.01. The summed E-state index contributed by atoms with van der Waals surface area (Å²) >= 11 is 0. The molecular formula is C38H33NO4. The van der Waals surface area contributed by atoms with Crippen LogP contribution in [0.4, 0.5) is 4.79 Å². The SMILES string of the molecule is C=C(O)[C@H](COC(c1ccccc1)(c1ccccc1)c1ccccc1)NC(=O)OCC1c2ccccc2-c2ccccc21. The molecule has 0 spiro atoms. The normalized spacial score (nSPS) is 13.0. The molecule has 0 fully saturated rings. The topological polar surface area (TPSA) is 67.8 Å². The molecule has 0 unspecified atom stereocenters. The molecule has 6 rings (SSSR count). The standard InChI is InChI=1S/C38H33NO4/c1-27(40)36(39-37(41)42-25-35-33-23-13-11-21-31(33)32-22-12-14-24-34(32)35)26-43-38(28-15-5-2-6-16-28,29-17-7-3-8-18-29)30-19-9-4-10-20-30/h2-24,35-36,40H,1,25-26H2,(H,39,41)/t36-/m0/s1. The molecule has 0 heterocycles. The molecule has 43 heavy (non-hydrogen) atoms. The van der Waals surface area contributed by atoms with Crippen LogP contribution in [-0.2, 0) is 15.1 Å². The third kappa shape index (κ3) is 5.55. The van der Waals surface area contributed by atoms with E-state index in [0.717, 1.165) is 38.9 Å². The van der Waals surface area contributed by atoms with Gasteiger partial charge in [-0.2, -0.15) is 0 Å². The maximum atomic E-state index is 13.1. The van der Waals surface area contributed by atoms with Gasteiger partial charge in [0, 0.05) is 5.92 Å². The molecule has 1 amide bonds. The number of hydrogen-bond acceptors (Lipinski definition) is 4. The molecule has 5 aromatic rings. The molecule has 0 radical (unpaired) electrons. The zero-order valence-corrected chi connectivity index (χ0v) is 23.7. The lowest BCUT2D eigenvalue weighted by Crippen LogP contribution is -2.43. The Labute approximate surface area is 252 Å². The molecular weight excluding hydrogens is 534 g/mol. The Morgan fingerprint density at radius 3 is 1.56 bits per heavy atom. The van der Waals surface area contributed by atoms with Gasteiger partial charge in [-0.05, 0) is 38.9 Å². The monoisotopic (exact) mass is 567 g/mol. The van der Waals surface area contributed by atoms with Crippen LogP contribution in [0.25, 0.3) is 11.1 Å². The lowest BCUT2D eigenvalue weighted by Gasteiger charge is -2.37. The summed E-state index contributed by atoms with van der Waals surface area (Å²) in [5.41, 5.74) is 6.29. The third-order valence-electron chi connectivity index (χ3n) is 8.05. The quantitative estimate of drug-likeness (QED) is 0.133. The fourth-order valence-electron chi connectivity index (χ4n) is 5.98. The number of carbonyl (C=O) groups is 1. The van der Waals surface area contributed by atoms with E-state index in [0.29, 0.717) is 0 Å². The lowest BCUT2D eigenvalue weighted by atomic mass is 9.80. The summed E-state index contributed by atoms with van der Waals surface area (Å²) in [5, 5.41) is 13.3. The fourth-order valence-corrected chi connectivity index (χ4v) is 5.98. The highest BCUT2D eigenvalue weighted by Crippen LogP contribution is 2.44. The number of aliphatic hydroxyl groups excluding tert-OH is 1. The van der Waals surface area contributed by atoms with Gasteiger partial charge in [-0.25, -0.2) is 4.79 Å². The minimum absolute atomic E-state index is 0.0573. The van der Waals surface area contributed by atoms with Gasteiger partial charge in [0.05, 0.1) is 6.61 Å². The van der Waals surface area contributed by atoms with E-state index in [2.05, 4.69) is 36.2 Å². The minimum Gasteiger partial charge on any atom is -0.511 e. The first-order valence-electron chi connectivity index (χ1n) is 14.4. The van der Waals surface area contributed by atoms with E-state index in [1.165, 1.54) is 0 Å². The number of fused-ring (bicyclic) bond motifs is 3. The summed E-state index contributed by atoms with van der Waals surface area (Å²) in [4.78, 5) is 13.1. The van der Waals surface area contributed by atoms with E-state index in [1.807, 2.05) is 115 Å². The van der Waals surface area contributed by atoms with Crippen LogP contribution < -0.4 is 5.32 Å². The largest absolute Gasteiger partial charge is 0.511 e. The molecule has 1 aliphatic carbocycles. The van der Waals surface area contributed by atoms with Crippen molar-refractivity contribution in [3.05, 3.63) is 180 Å². The molecule has 214 valence electrons. The summed E-state index contributed by atoms with van der Waals surface area (Å²) in [6.07, 6.45) is -0.657.